The van der Waals surface area contributed by atoms with Crippen molar-refractivity contribution in [3.8, 4) is 0 Å². The molecule has 0 aliphatic heterocycles. The first-order chi connectivity index (χ1) is 6.08. The van der Waals surface area contributed by atoms with E-state index in [2.05, 4.69) is 0 Å². The van der Waals surface area contributed by atoms with E-state index in [9.17, 15) is 9.46 Å². The molecule has 0 saturated heterocycles. The third-order valence-electron chi connectivity index (χ3n) is 2.03. The van der Waals surface area contributed by atoms with Crippen LogP contribution in [0.3, 0.4) is 0 Å². The van der Waals surface area contributed by atoms with Crippen molar-refractivity contribution in [2.24, 2.45) is 5.73 Å². The molecule has 1 aromatic rings. The van der Waals surface area contributed by atoms with Crippen molar-refractivity contribution in [1.29, 1.82) is 0 Å². The fraction of sp³-hybridized carbons (Fsp3) is 0.333. The summed E-state index contributed by atoms with van der Waals surface area (Å²) < 4.78 is 11.5. The van der Waals surface area contributed by atoms with Gasteiger partial charge in [-0.2, -0.15) is 0 Å². The molecule has 0 aliphatic carbocycles. The summed E-state index contributed by atoms with van der Waals surface area (Å²) in [5.41, 5.74) is 6.39. The molecule has 0 bridgehead atoms. The molecule has 72 valence electrons. The molecule has 0 saturated carbocycles. The van der Waals surface area contributed by atoms with Crippen molar-refractivity contribution in [2.45, 2.75) is 12.7 Å². The Morgan fingerprint density at radius 2 is 2.00 bits per heavy atom. The Kier molecular flexibility index (Phi) is 3.26. The van der Waals surface area contributed by atoms with Gasteiger partial charge in [0.1, 0.15) is 5.78 Å². The molecule has 2 atom stereocenters. The molecule has 0 fully saturated rings. The number of benzene rings is 1. The third-order valence-corrected chi connectivity index (χ3v) is 4.10. The minimum absolute atomic E-state index is 0.211. The predicted molar refractivity (Wildman–Crippen MR) is 53.7 cm³/mol. The van der Waals surface area contributed by atoms with Gasteiger partial charge in [-0.3, -0.25) is 4.57 Å². The predicted octanol–water partition coefficient (Wildman–Crippen LogP) is 1.93. The second kappa shape index (κ2) is 4.05. The Bertz CT molecular complexity index is 313. The second-order valence-electron chi connectivity index (χ2n) is 2.93. The summed E-state index contributed by atoms with van der Waals surface area (Å²) in [6.45, 7) is 1.67. The first kappa shape index (κ1) is 10.5. The number of hydrogen-bond acceptors (Lipinski definition) is 2. The zero-order valence-electron chi connectivity index (χ0n) is 7.55. The molecule has 0 heterocycles. The second-order valence-corrected chi connectivity index (χ2v) is 5.63. The van der Waals surface area contributed by atoms with Crippen LogP contribution in [0.1, 0.15) is 18.3 Å². The molecular formula is C9H14NO2P. The summed E-state index contributed by atoms with van der Waals surface area (Å²) in [6, 6.07) is 9.01. The molecular weight excluding hydrogens is 185 g/mol. The molecule has 0 spiro atoms. The Labute approximate surface area is 78.0 Å². The van der Waals surface area contributed by atoms with Crippen molar-refractivity contribution < 1.29 is 9.46 Å². The smallest absolute Gasteiger partial charge is 0.220 e. The maximum atomic E-state index is 11.5. The van der Waals surface area contributed by atoms with Crippen LogP contribution in [0.4, 0.5) is 0 Å². The Balaban J connectivity index is 2.92. The maximum Gasteiger partial charge on any atom is 0.220 e. The Hall–Kier alpha value is -0.630. The lowest BCUT2D eigenvalue weighted by Gasteiger charge is -2.17. The molecule has 4 heteroatoms. The number of nitrogens with two attached hydrogens (primary N) is 1. The van der Waals surface area contributed by atoms with Crippen LogP contribution < -0.4 is 5.73 Å². The van der Waals surface area contributed by atoms with Gasteiger partial charge in [0.2, 0.25) is 7.37 Å². The molecule has 0 aliphatic rings. The normalized spacial score (nSPS) is 17.8. The molecule has 1 rings (SSSR count). The lowest BCUT2D eigenvalue weighted by atomic mass is 10.2. The van der Waals surface area contributed by atoms with Crippen molar-refractivity contribution in [3.63, 3.8) is 0 Å². The molecule has 3 N–H and O–H groups in total. The highest BCUT2D eigenvalue weighted by Crippen LogP contribution is 2.51. The highest BCUT2D eigenvalue weighted by molar-refractivity contribution is 7.58. The van der Waals surface area contributed by atoms with E-state index in [4.69, 9.17) is 5.73 Å². The van der Waals surface area contributed by atoms with Crippen molar-refractivity contribution in [2.75, 3.05) is 6.16 Å². The van der Waals surface area contributed by atoms with Crippen LogP contribution >= 0.6 is 7.37 Å². The fourth-order valence-corrected chi connectivity index (χ4v) is 2.11. The van der Waals surface area contributed by atoms with Gasteiger partial charge < -0.3 is 10.6 Å². The first-order valence-electron chi connectivity index (χ1n) is 4.20. The SMILES string of the molecule is CCP(=O)(O)C(N)c1ccccc1. The monoisotopic (exact) mass is 199 g/mol. The van der Waals surface area contributed by atoms with E-state index in [0.29, 0.717) is 0 Å². The van der Waals surface area contributed by atoms with Crippen LogP contribution in [-0.4, -0.2) is 11.1 Å². The summed E-state index contributed by atoms with van der Waals surface area (Å²) in [7, 11) is -3.21. The standard InChI is InChI=1S/C9H14NO2P/c1-2-13(11,12)9(10)8-6-4-3-5-7-8/h3-7,9H,2,10H2,1H3,(H,11,12). The van der Waals surface area contributed by atoms with E-state index in [1.165, 1.54) is 0 Å². The molecule has 0 amide bonds. The minimum atomic E-state index is -3.21. The lowest BCUT2D eigenvalue weighted by Crippen LogP contribution is -2.11. The summed E-state index contributed by atoms with van der Waals surface area (Å²) in [4.78, 5) is 9.48. The van der Waals surface area contributed by atoms with Crippen LogP contribution in [0.2, 0.25) is 0 Å². The summed E-state index contributed by atoms with van der Waals surface area (Å²) in [5, 5.41) is 0. The van der Waals surface area contributed by atoms with Gasteiger partial charge in [0.05, 0.1) is 0 Å². The quantitative estimate of drug-likeness (QED) is 0.731. The molecule has 0 radical (unpaired) electrons. The van der Waals surface area contributed by atoms with Crippen LogP contribution in [0.25, 0.3) is 0 Å². The first-order valence-corrected chi connectivity index (χ1v) is 6.11. The van der Waals surface area contributed by atoms with Crippen molar-refractivity contribution >= 4 is 7.37 Å². The van der Waals surface area contributed by atoms with Crippen LogP contribution in [-0.2, 0) is 4.57 Å². The third kappa shape index (κ3) is 2.41. The number of rotatable bonds is 3. The van der Waals surface area contributed by atoms with E-state index in [0.717, 1.165) is 5.56 Å². The fourth-order valence-electron chi connectivity index (χ4n) is 1.08. The lowest BCUT2D eigenvalue weighted by molar-refractivity contribution is 0.466. The van der Waals surface area contributed by atoms with Gasteiger partial charge in [-0.15, -0.1) is 0 Å². The van der Waals surface area contributed by atoms with Gasteiger partial charge in [-0.25, -0.2) is 0 Å². The van der Waals surface area contributed by atoms with Gasteiger partial charge in [-0.1, -0.05) is 37.3 Å². The zero-order chi connectivity index (χ0) is 9.90. The number of hydrogen-bond donors (Lipinski definition) is 2. The zero-order valence-corrected chi connectivity index (χ0v) is 8.45. The van der Waals surface area contributed by atoms with Gasteiger partial charge >= 0.3 is 0 Å². The van der Waals surface area contributed by atoms with E-state index in [-0.39, 0.29) is 6.16 Å². The van der Waals surface area contributed by atoms with Crippen LogP contribution in [0, 0.1) is 0 Å². The average molecular weight is 199 g/mol. The molecule has 13 heavy (non-hydrogen) atoms. The molecule has 2 unspecified atom stereocenters. The van der Waals surface area contributed by atoms with Gasteiger partial charge in [0.15, 0.2) is 0 Å². The summed E-state index contributed by atoms with van der Waals surface area (Å²) in [6.07, 6.45) is 0.211. The maximum absolute atomic E-state index is 11.5. The Morgan fingerprint density at radius 1 is 1.46 bits per heavy atom. The van der Waals surface area contributed by atoms with E-state index < -0.39 is 13.2 Å². The van der Waals surface area contributed by atoms with Crippen molar-refractivity contribution in [1.82, 2.24) is 0 Å². The van der Waals surface area contributed by atoms with Gasteiger partial charge in [-0.05, 0) is 5.56 Å². The minimum Gasteiger partial charge on any atom is -0.343 e. The highest BCUT2D eigenvalue weighted by Gasteiger charge is 2.26. The van der Waals surface area contributed by atoms with E-state index in [1.54, 1.807) is 19.1 Å². The molecule has 1 aromatic carbocycles. The summed E-state index contributed by atoms with van der Waals surface area (Å²) >= 11 is 0. The highest BCUT2D eigenvalue weighted by atomic mass is 31.2. The summed E-state index contributed by atoms with van der Waals surface area (Å²) in [5.74, 6) is -0.751. The molecule has 0 aromatic heterocycles. The average Bonchev–Trinajstić information content (AvgIpc) is 2.18. The van der Waals surface area contributed by atoms with Gasteiger partial charge in [0.25, 0.3) is 0 Å². The van der Waals surface area contributed by atoms with E-state index >= 15 is 0 Å². The van der Waals surface area contributed by atoms with Crippen LogP contribution in [0.15, 0.2) is 30.3 Å². The topological polar surface area (TPSA) is 63.3 Å². The van der Waals surface area contributed by atoms with Crippen LogP contribution in [0.5, 0.6) is 0 Å². The van der Waals surface area contributed by atoms with Gasteiger partial charge in [0, 0.05) is 6.16 Å². The Morgan fingerprint density at radius 3 is 2.46 bits per heavy atom. The largest absolute Gasteiger partial charge is 0.343 e. The van der Waals surface area contributed by atoms with Crippen molar-refractivity contribution in [3.05, 3.63) is 35.9 Å². The molecule has 3 nitrogen and oxygen atoms in total. The van der Waals surface area contributed by atoms with E-state index in [1.807, 2.05) is 18.2 Å².